The van der Waals surface area contributed by atoms with Gasteiger partial charge in [-0.05, 0) is 30.3 Å². The average Bonchev–Trinajstić information content (AvgIpc) is 3.62. The summed E-state index contributed by atoms with van der Waals surface area (Å²) in [6.07, 6.45) is -0.429. The van der Waals surface area contributed by atoms with Crippen molar-refractivity contribution in [3.63, 3.8) is 0 Å². The van der Waals surface area contributed by atoms with Crippen LogP contribution in [0.1, 0.15) is 22.9 Å². The van der Waals surface area contributed by atoms with Crippen molar-refractivity contribution in [1.82, 2.24) is 9.88 Å². The lowest BCUT2D eigenvalue weighted by atomic mass is 10.1. The first-order valence-corrected chi connectivity index (χ1v) is 15.6. The molecule has 0 radical (unpaired) electrons. The number of aromatic nitrogens is 1. The van der Waals surface area contributed by atoms with Gasteiger partial charge in [0.25, 0.3) is 0 Å². The summed E-state index contributed by atoms with van der Waals surface area (Å²) in [4.78, 5) is 10.4. The van der Waals surface area contributed by atoms with Gasteiger partial charge in [-0.2, -0.15) is 0 Å². The quantitative estimate of drug-likeness (QED) is 0.221. The first-order chi connectivity index (χ1) is 21.8. The van der Waals surface area contributed by atoms with Gasteiger partial charge in [0.1, 0.15) is 11.7 Å². The Morgan fingerprint density at radius 3 is 1.86 bits per heavy atom. The predicted molar refractivity (Wildman–Crippen MR) is 186 cm³/mol. The largest absolute Gasteiger partial charge is 0.324 e. The highest BCUT2D eigenvalue weighted by Gasteiger charge is 2.24. The van der Waals surface area contributed by atoms with E-state index < -0.39 is 6.17 Å². The molecule has 0 amide bonds. The number of hydrogen-bond acceptors (Lipinski definition) is 4. The minimum atomic E-state index is -0.429. The molecule has 0 saturated carbocycles. The Hall–Kier alpha value is -5.52. The first-order valence-electron chi connectivity index (χ1n) is 14.8. The maximum Gasteiger partial charge on any atom is 0.171 e. The van der Waals surface area contributed by atoms with Gasteiger partial charge in [0.15, 0.2) is 6.17 Å². The molecule has 2 aromatic heterocycles. The van der Waals surface area contributed by atoms with E-state index in [1.165, 1.54) is 42.0 Å². The lowest BCUT2D eigenvalue weighted by molar-refractivity contribution is 0.750. The highest BCUT2D eigenvalue weighted by Crippen LogP contribution is 2.41. The van der Waals surface area contributed by atoms with Gasteiger partial charge >= 0.3 is 0 Å². The van der Waals surface area contributed by atoms with Crippen molar-refractivity contribution < 1.29 is 0 Å². The van der Waals surface area contributed by atoms with Crippen LogP contribution in [0, 0.1) is 0 Å². The Bertz CT molecular complexity index is 2360. The van der Waals surface area contributed by atoms with E-state index in [2.05, 4.69) is 119 Å². The zero-order valence-electron chi connectivity index (χ0n) is 23.7. The van der Waals surface area contributed by atoms with Crippen molar-refractivity contribution in [3.8, 4) is 5.69 Å². The van der Waals surface area contributed by atoms with E-state index in [0.29, 0.717) is 0 Å². The fourth-order valence-corrected chi connectivity index (χ4v) is 7.55. The summed E-state index contributed by atoms with van der Waals surface area (Å²) in [5.74, 6) is 1.63. The third-order valence-corrected chi connectivity index (χ3v) is 9.59. The number of nitrogens with zero attached hydrogens (tertiary/aromatic N) is 3. The predicted octanol–water partition coefficient (Wildman–Crippen LogP) is 9.65. The zero-order valence-corrected chi connectivity index (χ0v) is 24.5. The van der Waals surface area contributed by atoms with E-state index in [1.54, 1.807) is 0 Å². The molecule has 9 rings (SSSR count). The summed E-state index contributed by atoms with van der Waals surface area (Å²) in [5.41, 5.74) is 6.55. The molecule has 0 saturated heterocycles. The van der Waals surface area contributed by atoms with E-state index in [0.717, 1.165) is 34.0 Å². The molecule has 0 fully saturated rings. The highest BCUT2D eigenvalue weighted by molar-refractivity contribution is 7.25. The third kappa shape index (κ3) is 3.98. The van der Waals surface area contributed by atoms with Gasteiger partial charge < -0.3 is 9.88 Å². The van der Waals surface area contributed by atoms with Gasteiger partial charge in [0.2, 0.25) is 0 Å². The van der Waals surface area contributed by atoms with E-state index in [9.17, 15) is 0 Å². The second kappa shape index (κ2) is 10.0. The SMILES string of the molecule is c1ccc(C2=NC(c3ccccc3-n3c4ccccc4c4cc5c(cc43)sc3ccccc35)N=C(c3ccccc3)N2)cc1. The van der Waals surface area contributed by atoms with Crippen LogP contribution in [-0.2, 0) is 0 Å². The van der Waals surface area contributed by atoms with Gasteiger partial charge in [0, 0.05) is 47.6 Å². The Morgan fingerprint density at radius 1 is 0.500 bits per heavy atom. The lowest BCUT2D eigenvalue weighted by Crippen LogP contribution is -2.36. The second-order valence-electron chi connectivity index (χ2n) is 11.1. The van der Waals surface area contributed by atoms with Crippen LogP contribution >= 0.6 is 11.3 Å². The lowest BCUT2D eigenvalue weighted by Gasteiger charge is -2.24. The summed E-state index contributed by atoms with van der Waals surface area (Å²) >= 11 is 1.85. The zero-order chi connectivity index (χ0) is 29.0. The molecular weight excluding hydrogens is 557 g/mol. The van der Waals surface area contributed by atoms with Gasteiger partial charge in [0.05, 0.1) is 16.7 Å². The average molecular weight is 583 g/mol. The summed E-state index contributed by atoms with van der Waals surface area (Å²) in [6.45, 7) is 0. The van der Waals surface area contributed by atoms with Crippen LogP contribution in [0.5, 0.6) is 0 Å². The molecule has 0 unspecified atom stereocenters. The maximum atomic E-state index is 5.21. The number of aliphatic imine (C=N–C) groups is 2. The van der Waals surface area contributed by atoms with Crippen LogP contribution in [0.3, 0.4) is 0 Å². The van der Waals surface area contributed by atoms with Gasteiger partial charge in [-0.3, -0.25) is 0 Å². The highest BCUT2D eigenvalue weighted by atomic mass is 32.1. The molecular formula is C39H26N4S. The summed E-state index contributed by atoms with van der Waals surface area (Å²) in [7, 11) is 0. The van der Waals surface area contributed by atoms with Crippen LogP contribution in [0.15, 0.2) is 156 Å². The van der Waals surface area contributed by atoms with Crippen molar-refractivity contribution in [2.24, 2.45) is 9.98 Å². The van der Waals surface area contributed by atoms with Crippen molar-refractivity contribution in [2.75, 3.05) is 0 Å². The van der Waals surface area contributed by atoms with Gasteiger partial charge in [-0.1, -0.05) is 115 Å². The Balaban J connectivity index is 1.30. The summed E-state index contributed by atoms with van der Waals surface area (Å²) < 4.78 is 5.00. The topological polar surface area (TPSA) is 41.7 Å². The first kappa shape index (κ1) is 25.0. The van der Waals surface area contributed by atoms with Crippen LogP contribution in [0.25, 0.3) is 47.7 Å². The van der Waals surface area contributed by atoms with Gasteiger partial charge in [-0.15, -0.1) is 11.3 Å². The smallest absolute Gasteiger partial charge is 0.171 e. The van der Waals surface area contributed by atoms with Crippen LogP contribution < -0.4 is 5.32 Å². The fourth-order valence-electron chi connectivity index (χ4n) is 6.43. The summed E-state index contributed by atoms with van der Waals surface area (Å²) in [6, 6.07) is 51.3. The number of benzene rings is 6. The normalized spacial score (nSPS) is 13.8. The van der Waals surface area contributed by atoms with Crippen molar-refractivity contribution >= 4 is 65.0 Å². The molecule has 1 aliphatic rings. The van der Waals surface area contributed by atoms with Crippen LogP contribution in [0.2, 0.25) is 0 Å². The monoisotopic (exact) mass is 582 g/mol. The Kier molecular flexibility index (Phi) is 5.71. The fraction of sp³-hybridized carbons (Fsp3) is 0.0256. The molecule has 0 aliphatic carbocycles. The van der Waals surface area contributed by atoms with Crippen LogP contribution in [0.4, 0.5) is 0 Å². The molecule has 0 spiro atoms. The van der Waals surface area contributed by atoms with Crippen LogP contribution in [-0.4, -0.2) is 16.2 Å². The molecule has 8 aromatic rings. The molecule has 0 bridgehead atoms. The molecule has 0 atom stereocenters. The number of rotatable bonds is 4. The minimum Gasteiger partial charge on any atom is -0.324 e. The standard InChI is InChI=1S/C39H26N4S/c1-3-13-25(14-4-1)37-40-38(26-15-5-2-6-16-26)42-39(41-37)29-19-8-11-21-33(29)43-32-20-10-7-17-27(32)30-23-31-28-18-9-12-22-35(28)44-36(31)24-34(30)43/h1-24,39H,(H,40,41,42). The minimum absolute atomic E-state index is 0.429. The number of amidine groups is 2. The van der Waals surface area contributed by atoms with E-state index in [1.807, 2.05) is 47.7 Å². The molecule has 5 heteroatoms. The molecule has 3 heterocycles. The van der Waals surface area contributed by atoms with E-state index >= 15 is 0 Å². The number of para-hydroxylation sites is 2. The number of nitrogens with one attached hydrogen (secondary N) is 1. The molecule has 1 aliphatic heterocycles. The number of thiophene rings is 1. The Morgan fingerprint density at radius 2 is 1.11 bits per heavy atom. The van der Waals surface area contributed by atoms with E-state index in [4.69, 9.17) is 9.98 Å². The molecule has 6 aromatic carbocycles. The van der Waals surface area contributed by atoms with Gasteiger partial charge in [-0.25, -0.2) is 9.98 Å². The molecule has 44 heavy (non-hydrogen) atoms. The van der Waals surface area contributed by atoms with Crippen molar-refractivity contribution in [1.29, 1.82) is 0 Å². The van der Waals surface area contributed by atoms with Crippen molar-refractivity contribution in [3.05, 3.63) is 162 Å². The Labute approximate surface area is 258 Å². The summed E-state index contributed by atoms with van der Waals surface area (Å²) in [5, 5.41) is 8.63. The number of hydrogen-bond donors (Lipinski definition) is 1. The van der Waals surface area contributed by atoms with E-state index in [-0.39, 0.29) is 0 Å². The third-order valence-electron chi connectivity index (χ3n) is 8.46. The maximum absolute atomic E-state index is 5.21. The molecule has 208 valence electrons. The number of fused-ring (bicyclic) bond motifs is 6. The molecule has 4 nitrogen and oxygen atoms in total. The molecule has 1 N–H and O–H groups in total. The van der Waals surface area contributed by atoms with Crippen molar-refractivity contribution in [2.45, 2.75) is 6.17 Å². The second-order valence-corrected chi connectivity index (χ2v) is 12.1.